The Morgan fingerprint density at radius 1 is 1.35 bits per heavy atom. The van der Waals surface area contributed by atoms with Crippen LogP contribution in [0.3, 0.4) is 0 Å². The van der Waals surface area contributed by atoms with Crippen LogP contribution in [0.2, 0.25) is 0 Å². The van der Waals surface area contributed by atoms with E-state index in [0.717, 1.165) is 6.54 Å². The summed E-state index contributed by atoms with van der Waals surface area (Å²) < 4.78 is 27.7. The molecule has 1 atom stereocenters. The highest BCUT2D eigenvalue weighted by Gasteiger charge is 2.26. The van der Waals surface area contributed by atoms with E-state index in [0.29, 0.717) is 13.0 Å². The van der Waals surface area contributed by atoms with Crippen LogP contribution in [0.5, 0.6) is 0 Å². The molecule has 0 radical (unpaired) electrons. The molecule has 1 aliphatic rings. The molecule has 1 saturated heterocycles. The van der Waals surface area contributed by atoms with Crippen molar-refractivity contribution in [1.29, 1.82) is 0 Å². The first-order valence-corrected chi connectivity index (χ1v) is 8.22. The predicted octanol–water partition coefficient (Wildman–Crippen LogP) is 1.21. The van der Waals surface area contributed by atoms with Crippen LogP contribution in [0.25, 0.3) is 10.9 Å². The quantitative estimate of drug-likeness (QED) is 0.627. The molecule has 0 bridgehead atoms. The third-order valence-corrected chi connectivity index (χ3v) is 5.13. The number of nitro groups is 1. The topological polar surface area (TPSA) is 114 Å². The molecular formula is C13H15ClN4O4S. The fourth-order valence-electron chi connectivity index (χ4n) is 2.55. The summed E-state index contributed by atoms with van der Waals surface area (Å²) in [6, 6.07) is 5.29. The molecule has 1 unspecified atom stereocenters. The van der Waals surface area contributed by atoms with Crippen LogP contribution >= 0.6 is 12.4 Å². The minimum absolute atomic E-state index is 0. The zero-order chi connectivity index (χ0) is 15.7. The lowest BCUT2D eigenvalue weighted by atomic mass is 10.2. The molecule has 0 amide bonds. The average Bonchev–Trinajstić information content (AvgIpc) is 2.98. The van der Waals surface area contributed by atoms with Gasteiger partial charge in [-0.25, -0.2) is 13.1 Å². The lowest BCUT2D eigenvalue weighted by molar-refractivity contribution is -0.383. The summed E-state index contributed by atoms with van der Waals surface area (Å²) in [5.41, 5.74) is -0.0558. The average molecular weight is 359 g/mol. The zero-order valence-electron chi connectivity index (χ0n) is 11.9. The Labute approximate surface area is 138 Å². The second-order valence-corrected chi connectivity index (χ2v) is 6.73. The fraction of sp³-hybridized carbons (Fsp3) is 0.308. The van der Waals surface area contributed by atoms with Crippen molar-refractivity contribution in [2.45, 2.75) is 17.4 Å². The zero-order valence-corrected chi connectivity index (χ0v) is 13.6. The van der Waals surface area contributed by atoms with Crippen molar-refractivity contribution in [2.75, 3.05) is 13.1 Å². The molecule has 10 heteroatoms. The largest absolute Gasteiger partial charge is 0.315 e. The molecule has 0 spiro atoms. The maximum absolute atomic E-state index is 12.5. The Morgan fingerprint density at radius 3 is 2.78 bits per heavy atom. The van der Waals surface area contributed by atoms with E-state index < -0.39 is 14.9 Å². The van der Waals surface area contributed by atoms with Gasteiger partial charge in [0.2, 0.25) is 10.0 Å². The van der Waals surface area contributed by atoms with Crippen LogP contribution in [-0.2, 0) is 10.0 Å². The molecule has 2 aromatic rings. The lowest BCUT2D eigenvalue weighted by Crippen LogP contribution is -2.36. The van der Waals surface area contributed by atoms with Gasteiger partial charge in [0.05, 0.1) is 15.8 Å². The van der Waals surface area contributed by atoms with Crippen LogP contribution in [-0.4, -0.2) is 37.5 Å². The van der Waals surface area contributed by atoms with Gasteiger partial charge in [-0.15, -0.1) is 12.4 Å². The smallest absolute Gasteiger partial charge is 0.278 e. The van der Waals surface area contributed by atoms with Crippen molar-refractivity contribution in [3.63, 3.8) is 0 Å². The van der Waals surface area contributed by atoms with Gasteiger partial charge >= 0.3 is 0 Å². The first-order valence-electron chi connectivity index (χ1n) is 6.74. The summed E-state index contributed by atoms with van der Waals surface area (Å²) in [5, 5.41) is 14.3. The third kappa shape index (κ3) is 3.42. The standard InChI is InChI=1S/C13H14N4O4S.ClH/c18-17(19)11-3-4-12(13-10(11)2-1-6-15-13)22(20,21)16-9-5-7-14-8-9;/h1-4,6,9,14,16H,5,7-8H2;1H. The number of rotatable bonds is 4. The highest BCUT2D eigenvalue weighted by atomic mass is 35.5. The van der Waals surface area contributed by atoms with Gasteiger partial charge in [-0.05, 0) is 31.2 Å². The number of non-ortho nitro benzene ring substituents is 1. The predicted molar refractivity (Wildman–Crippen MR) is 87.2 cm³/mol. The summed E-state index contributed by atoms with van der Waals surface area (Å²) in [6.45, 7) is 1.32. The number of nitro benzene ring substituents is 1. The van der Waals surface area contributed by atoms with Crippen LogP contribution < -0.4 is 10.0 Å². The molecule has 3 rings (SSSR count). The van der Waals surface area contributed by atoms with E-state index in [4.69, 9.17) is 0 Å². The molecule has 2 N–H and O–H groups in total. The van der Waals surface area contributed by atoms with Gasteiger partial charge in [0, 0.05) is 24.8 Å². The summed E-state index contributed by atoms with van der Waals surface area (Å²) >= 11 is 0. The highest BCUT2D eigenvalue weighted by Crippen LogP contribution is 2.29. The molecule has 0 saturated carbocycles. The number of sulfonamides is 1. The van der Waals surface area contributed by atoms with E-state index in [9.17, 15) is 18.5 Å². The van der Waals surface area contributed by atoms with Crippen molar-refractivity contribution >= 4 is 39.0 Å². The summed E-state index contributed by atoms with van der Waals surface area (Å²) in [5.74, 6) is 0. The van der Waals surface area contributed by atoms with E-state index in [2.05, 4.69) is 15.0 Å². The third-order valence-electron chi connectivity index (χ3n) is 3.58. The first kappa shape index (κ1) is 17.5. The Balaban J connectivity index is 0.00000192. The number of benzene rings is 1. The van der Waals surface area contributed by atoms with Gasteiger partial charge in [0.25, 0.3) is 5.69 Å². The van der Waals surface area contributed by atoms with E-state index in [-0.39, 0.29) is 39.9 Å². The van der Waals surface area contributed by atoms with Crippen molar-refractivity contribution < 1.29 is 13.3 Å². The minimum atomic E-state index is -3.79. The fourth-order valence-corrected chi connectivity index (χ4v) is 3.98. The summed E-state index contributed by atoms with van der Waals surface area (Å²) in [6.07, 6.45) is 2.12. The number of nitrogens with zero attached hydrogens (tertiary/aromatic N) is 2. The van der Waals surface area contributed by atoms with E-state index >= 15 is 0 Å². The van der Waals surface area contributed by atoms with Crippen LogP contribution in [0.1, 0.15) is 6.42 Å². The summed E-state index contributed by atoms with van der Waals surface area (Å²) in [7, 11) is -3.79. The molecule has 1 aliphatic heterocycles. The molecule has 124 valence electrons. The molecule has 1 aromatic heterocycles. The van der Waals surface area contributed by atoms with Gasteiger partial charge < -0.3 is 5.32 Å². The number of fused-ring (bicyclic) bond motifs is 1. The highest BCUT2D eigenvalue weighted by molar-refractivity contribution is 7.89. The molecule has 0 aliphatic carbocycles. The van der Waals surface area contributed by atoms with Crippen LogP contribution in [0.4, 0.5) is 5.69 Å². The molecule has 23 heavy (non-hydrogen) atoms. The second kappa shape index (κ2) is 6.75. The van der Waals surface area contributed by atoms with Crippen molar-refractivity contribution in [2.24, 2.45) is 0 Å². The maximum Gasteiger partial charge on any atom is 0.278 e. The van der Waals surface area contributed by atoms with E-state index in [1.165, 1.54) is 24.4 Å². The Bertz CT molecular complexity index is 837. The molecule has 2 heterocycles. The normalized spacial score (nSPS) is 17.8. The molecule has 8 nitrogen and oxygen atoms in total. The summed E-state index contributed by atoms with van der Waals surface area (Å²) in [4.78, 5) is 14.5. The number of hydrogen-bond acceptors (Lipinski definition) is 6. The Hall–Kier alpha value is -1.81. The Kier molecular flexibility index (Phi) is 5.15. The minimum Gasteiger partial charge on any atom is -0.315 e. The number of nitrogens with one attached hydrogen (secondary N) is 2. The number of halogens is 1. The van der Waals surface area contributed by atoms with Crippen molar-refractivity contribution in [3.05, 3.63) is 40.6 Å². The maximum atomic E-state index is 12.5. The number of pyridine rings is 1. The lowest BCUT2D eigenvalue weighted by Gasteiger charge is -2.13. The van der Waals surface area contributed by atoms with Crippen LogP contribution in [0, 0.1) is 10.1 Å². The van der Waals surface area contributed by atoms with Gasteiger partial charge in [-0.2, -0.15) is 0 Å². The van der Waals surface area contributed by atoms with Gasteiger partial charge in [-0.1, -0.05) is 0 Å². The van der Waals surface area contributed by atoms with Crippen LogP contribution in [0.15, 0.2) is 35.4 Å². The van der Waals surface area contributed by atoms with Crippen molar-refractivity contribution in [3.8, 4) is 0 Å². The Morgan fingerprint density at radius 2 is 2.13 bits per heavy atom. The molecular weight excluding hydrogens is 344 g/mol. The van der Waals surface area contributed by atoms with Gasteiger partial charge in [0.1, 0.15) is 4.90 Å². The van der Waals surface area contributed by atoms with E-state index in [1.807, 2.05) is 0 Å². The monoisotopic (exact) mass is 358 g/mol. The second-order valence-electron chi connectivity index (χ2n) is 5.05. The van der Waals surface area contributed by atoms with Gasteiger partial charge in [-0.3, -0.25) is 15.1 Å². The first-order chi connectivity index (χ1) is 10.5. The van der Waals surface area contributed by atoms with Gasteiger partial charge in [0.15, 0.2) is 0 Å². The number of hydrogen-bond donors (Lipinski definition) is 2. The molecule has 1 fully saturated rings. The number of aromatic nitrogens is 1. The van der Waals surface area contributed by atoms with E-state index in [1.54, 1.807) is 6.07 Å². The SMILES string of the molecule is Cl.O=[N+]([O-])c1ccc(S(=O)(=O)NC2CCNC2)c2ncccc12. The molecule has 1 aromatic carbocycles. The van der Waals surface area contributed by atoms with Crippen molar-refractivity contribution in [1.82, 2.24) is 15.0 Å².